The molecule has 1 heterocycles. The Hall–Kier alpha value is -1.80. The van der Waals surface area contributed by atoms with Crippen LogP contribution in [-0.2, 0) is 24.2 Å². The first-order chi connectivity index (χ1) is 14.2. The molecule has 0 saturated carbocycles. The monoisotopic (exact) mass is 459 g/mol. The highest BCUT2D eigenvalue weighted by molar-refractivity contribution is 7.91. The number of amides is 1. The Morgan fingerprint density at radius 1 is 1.27 bits per heavy atom. The second kappa shape index (κ2) is 11.6. The molecule has 1 aliphatic heterocycles. The van der Waals surface area contributed by atoms with Crippen molar-refractivity contribution < 1.29 is 27.5 Å². The van der Waals surface area contributed by atoms with E-state index in [1.807, 2.05) is 19.9 Å². The van der Waals surface area contributed by atoms with Gasteiger partial charge < -0.3 is 14.4 Å². The van der Waals surface area contributed by atoms with E-state index in [0.29, 0.717) is 36.8 Å². The fraction of sp³-hybridized carbons (Fsp3) is 0.619. The minimum Gasteiger partial charge on any atom is -0.494 e. The second-order valence-corrected chi connectivity index (χ2v) is 10.2. The van der Waals surface area contributed by atoms with Gasteiger partial charge in [-0.05, 0) is 49.9 Å². The van der Waals surface area contributed by atoms with Gasteiger partial charge in [-0.2, -0.15) is 0 Å². The van der Waals surface area contributed by atoms with Crippen LogP contribution in [0.5, 0.6) is 5.75 Å². The van der Waals surface area contributed by atoms with Crippen molar-refractivity contribution in [3.05, 3.63) is 28.8 Å². The van der Waals surface area contributed by atoms with Crippen molar-refractivity contribution in [1.29, 1.82) is 0 Å². The Kier molecular flexibility index (Phi) is 9.42. The summed E-state index contributed by atoms with van der Waals surface area (Å²) in [4.78, 5) is 26.1. The third-order valence-corrected chi connectivity index (χ3v) is 7.18. The predicted molar refractivity (Wildman–Crippen MR) is 116 cm³/mol. The molecule has 0 aromatic heterocycles. The van der Waals surface area contributed by atoms with Crippen molar-refractivity contribution in [2.45, 2.75) is 52.0 Å². The van der Waals surface area contributed by atoms with Gasteiger partial charge in [0.25, 0.3) is 5.91 Å². The Morgan fingerprint density at radius 3 is 2.67 bits per heavy atom. The van der Waals surface area contributed by atoms with Crippen molar-refractivity contribution in [1.82, 2.24) is 4.90 Å². The number of hydrogen-bond acceptors (Lipinski definition) is 6. The highest BCUT2D eigenvalue weighted by Crippen LogP contribution is 2.21. The van der Waals surface area contributed by atoms with Crippen LogP contribution in [0.4, 0.5) is 0 Å². The number of hydrogen-bond donors (Lipinski definition) is 0. The van der Waals surface area contributed by atoms with Crippen LogP contribution < -0.4 is 4.74 Å². The van der Waals surface area contributed by atoms with Crippen LogP contribution in [0.25, 0.3) is 0 Å². The molecule has 0 spiro atoms. The summed E-state index contributed by atoms with van der Waals surface area (Å²) in [5.41, 5.74) is 0.912. The van der Waals surface area contributed by atoms with E-state index in [-0.39, 0.29) is 36.5 Å². The summed E-state index contributed by atoms with van der Waals surface area (Å²) < 4.78 is 34.2. The van der Waals surface area contributed by atoms with Gasteiger partial charge >= 0.3 is 5.97 Å². The van der Waals surface area contributed by atoms with Crippen LogP contribution >= 0.6 is 11.6 Å². The molecule has 1 amide bonds. The highest BCUT2D eigenvalue weighted by Gasteiger charge is 2.34. The fourth-order valence-electron chi connectivity index (χ4n) is 3.27. The van der Waals surface area contributed by atoms with Gasteiger partial charge in [-0.25, -0.2) is 8.42 Å². The third-order valence-electron chi connectivity index (χ3n) is 5.00. The summed E-state index contributed by atoms with van der Waals surface area (Å²) in [6.07, 6.45) is 2.68. The van der Waals surface area contributed by atoms with Crippen molar-refractivity contribution in [3.8, 4) is 5.75 Å². The number of sulfone groups is 1. The summed E-state index contributed by atoms with van der Waals surface area (Å²) in [6, 6.07) is 5.02. The molecule has 1 aliphatic rings. The van der Waals surface area contributed by atoms with Crippen LogP contribution in [-0.4, -0.2) is 62.5 Å². The smallest absolute Gasteiger partial charge is 0.306 e. The SMILES string of the molecule is CCCCN(C(=O)COC(=O)CCCOc1ccc(Cl)c(C)c1)C1CCS(=O)(=O)C1. The molecule has 1 unspecified atom stereocenters. The number of unbranched alkanes of at least 4 members (excludes halogenated alkanes) is 1. The molecule has 1 aromatic carbocycles. The zero-order chi connectivity index (χ0) is 22.1. The first-order valence-corrected chi connectivity index (χ1v) is 12.5. The van der Waals surface area contributed by atoms with Gasteiger partial charge in [-0.1, -0.05) is 24.9 Å². The van der Waals surface area contributed by atoms with Crippen molar-refractivity contribution in [3.63, 3.8) is 0 Å². The Labute approximate surface area is 183 Å². The van der Waals surface area contributed by atoms with Gasteiger partial charge in [0.05, 0.1) is 18.1 Å². The largest absolute Gasteiger partial charge is 0.494 e. The van der Waals surface area contributed by atoms with Gasteiger partial charge in [-0.3, -0.25) is 9.59 Å². The lowest BCUT2D eigenvalue weighted by Crippen LogP contribution is -2.43. The average Bonchev–Trinajstić information content (AvgIpc) is 3.06. The molecular weight excluding hydrogens is 430 g/mol. The predicted octanol–water partition coefficient (Wildman–Crippen LogP) is 3.17. The molecule has 0 N–H and O–H groups in total. The van der Waals surface area contributed by atoms with Crippen LogP contribution in [0, 0.1) is 6.92 Å². The standard InChI is InChI=1S/C21H30ClNO6S/c1-3-4-10-23(17-9-12-30(26,27)15-17)20(24)14-29-21(25)6-5-11-28-18-7-8-19(22)16(2)13-18/h7-8,13,17H,3-6,9-12,14-15H2,1-2H3. The van der Waals surface area contributed by atoms with Crippen molar-refractivity contribution >= 4 is 33.3 Å². The van der Waals surface area contributed by atoms with Crippen molar-refractivity contribution in [2.24, 2.45) is 0 Å². The van der Waals surface area contributed by atoms with Gasteiger partial charge in [0.2, 0.25) is 0 Å². The van der Waals surface area contributed by atoms with E-state index in [2.05, 4.69) is 0 Å². The first kappa shape index (κ1) is 24.5. The van der Waals surface area contributed by atoms with Crippen molar-refractivity contribution in [2.75, 3.05) is 31.3 Å². The lowest BCUT2D eigenvalue weighted by Gasteiger charge is -2.28. The lowest BCUT2D eigenvalue weighted by molar-refractivity contribution is -0.153. The molecule has 1 saturated heterocycles. The lowest BCUT2D eigenvalue weighted by atomic mass is 10.2. The summed E-state index contributed by atoms with van der Waals surface area (Å²) in [5.74, 6) is -0.0580. The Morgan fingerprint density at radius 2 is 2.03 bits per heavy atom. The summed E-state index contributed by atoms with van der Waals surface area (Å²) in [6.45, 7) is 4.33. The summed E-state index contributed by atoms with van der Waals surface area (Å²) in [5, 5.41) is 0.666. The molecule has 168 valence electrons. The number of esters is 1. The van der Waals surface area contributed by atoms with E-state index in [9.17, 15) is 18.0 Å². The number of carbonyl (C=O) groups is 2. The third kappa shape index (κ3) is 7.80. The minimum absolute atomic E-state index is 0.0160. The molecule has 1 fully saturated rings. The van der Waals surface area contributed by atoms with Gasteiger partial charge in [0.1, 0.15) is 5.75 Å². The summed E-state index contributed by atoms with van der Waals surface area (Å²) >= 11 is 5.97. The number of carbonyl (C=O) groups excluding carboxylic acids is 2. The fourth-order valence-corrected chi connectivity index (χ4v) is 5.12. The van der Waals surface area contributed by atoms with Gasteiger partial charge in [0.15, 0.2) is 16.4 Å². The van der Waals surface area contributed by atoms with Gasteiger partial charge in [0, 0.05) is 24.0 Å². The number of rotatable bonds is 11. The maximum Gasteiger partial charge on any atom is 0.306 e. The maximum absolute atomic E-state index is 12.5. The van der Waals surface area contributed by atoms with Crippen LogP contribution in [0.2, 0.25) is 5.02 Å². The number of ether oxygens (including phenoxy) is 2. The van der Waals surface area contributed by atoms with Crippen LogP contribution in [0.15, 0.2) is 18.2 Å². The molecule has 9 heteroatoms. The Balaban J connectivity index is 1.73. The number of benzene rings is 1. The van der Waals surface area contributed by atoms with E-state index in [4.69, 9.17) is 21.1 Å². The quantitative estimate of drug-likeness (QED) is 0.373. The van der Waals surface area contributed by atoms with Crippen LogP contribution in [0.1, 0.15) is 44.6 Å². The number of aryl methyl sites for hydroxylation is 1. The number of halogens is 1. The van der Waals surface area contributed by atoms with E-state index < -0.39 is 15.8 Å². The van der Waals surface area contributed by atoms with Crippen LogP contribution in [0.3, 0.4) is 0 Å². The number of nitrogens with zero attached hydrogens (tertiary/aromatic N) is 1. The highest BCUT2D eigenvalue weighted by atomic mass is 35.5. The minimum atomic E-state index is -3.10. The molecule has 0 aliphatic carbocycles. The molecular formula is C21H30ClNO6S. The zero-order valence-electron chi connectivity index (χ0n) is 17.6. The Bertz CT molecular complexity index is 842. The molecule has 7 nitrogen and oxygen atoms in total. The topological polar surface area (TPSA) is 90.0 Å². The molecule has 0 radical (unpaired) electrons. The zero-order valence-corrected chi connectivity index (χ0v) is 19.1. The summed E-state index contributed by atoms with van der Waals surface area (Å²) in [7, 11) is -3.10. The first-order valence-electron chi connectivity index (χ1n) is 10.3. The molecule has 30 heavy (non-hydrogen) atoms. The van der Waals surface area contributed by atoms with E-state index in [1.54, 1.807) is 17.0 Å². The molecule has 1 aromatic rings. The van der Waals surface area contributed by atoms with E-state index in [0.717, 1.165) is 18.4 Å². The average molecular weight is 460 g/mol. The van der Waals surface area contributed by atoms with E-state index in [1.165, 1.54) is 0 Å². The molecule has 1 atom stereocenters. The molecule has 2 rings (SSSR count). The maximum atomic E-state index is 12.5. The molecule has 0 bridgehead atoms. The normalized spacial score (nSPS) is 17.5. The van der Waals surface area contributed by atoms with E-state index >= 15 is 0 Å². The van der Waals surface area contributed by atoms with Gasteiger partial charge in [-0.15, -0.1) is 0 Å². The second-order valence-electron chi connectivity index (χ2n) is 7.52.